The molecule has 0 fully saturated rings. The Morgan fingerprint density at radius 1 is 0.889 bits per heavy atom. The number of rotatable bonds is 0. The largest absolute Gasteiger partial charge is 0.279 e. The molecule has 18 heavy (non-hydrogen) atoms. The summed E-state index contributed by atoms with van der Waals surface area (Å²) < 4.78 is 0. The van der Waals surface area contributed by atoms with Gasteiger partial charge in [-0.1, -0.05) is 54.6 Å². The molecular formula is C17H13N. The van der Waals surface area contributed by atoms with E-state index in [2.05, 4.69) is 54.6 Å². The topological polar surface area (TPSA) is 12.4 Å². The Kier molecular flexibility index (Phi) is 2.01. The van der Waals surface area contributed by atoms with E-state index in [0.717, 1.165) is 13.0 Å². The van der Waals surface area contributed by atoms with Crippen LogP contribution in [-0.2, 0) is 13.0 Å². The molecule has 1 nitrogen and oxygen atoms in total. The summed E-state index contributed by atoms with van der Waals surface area (Å²) in [6.07, 6.45) is 7.55. The summed E-state index contributed by atoms with van der Waals surface area (Å²) in [5.74, 6) is 0. The molecule has 0 radical (unpaired) electrons. The molecule has 2 aliphatic rings. The van der Waals surface area contributed by atoms with Gasteiger partial charge in [-0.2, -0.15) is 0 Å². The van der Waals surface area contributed by atoms with E-state index in [4.69, 9.17) is 4.99 Å². The van der Waals surface area contributed by atoms with E-state index < -0.39 is 0 Å². The van der Waals surface area contributed by atoms with Gasteiger partial charge in [-0.05, 0) is 23.1 Å². The Hall–Kier alpha value is -2.15. The zero-order chi connectivity index (χ0) is 11.9. The molecule has 1 heteroatoms. The average molecular weight is 231 g/mol. The minimum Gasteiger partial charge on any atom is -0.279 e. The van der Waals surface area contributed by atoms with Crippen molar-refractivity contribution in [3.8, 4) is 11.1 Å². The van der Waals surface area contributed by atoms with Crippen LogP contribution < -0.4 is 10.6 Å². The molecule has 0 saturated heterocycles. The van der Waals surface area contributed by atoms with Gasteiger partial charge in [0, 0.05) is 10.8 Å². The van der Waals surface area contributed by atoms with Gasteiger partial charge in [0.05, 0.1) is 11.9 Å². The average Bonchev–Trinajstić information content (AvgIpc) is 2.46. The SMILES string of the molecule is C1=CCc2ccc3c(c2=C1)=NCc1ccccc1-3. The van der Waals surface area contributed by atoms with Crippen molar-refractivity contribution >= 4 is 6.08 Å². The Balaban J connectivity index is 2.12. The predicted molar refractivity (Wildman–Crippen MR) is 73.7 cm³/mol. The van der Waals surface area contributed by atoms with Crippen LogP contribution in [0.15, 0.2) is 53.5 Å². The fourth-order valence-corrected chi connectivity index (χ4v) is 2.85. The summed E-state index contributed by atoms with van der Waals surface area (Å²) in [6.45, 7) is 0.803. The number of allylic oxidation sites excluding steroid dienone is 2. The number of benzene rings is 2. The van der Waals surface area contributed by atoms with Gasteiger partial charge >= 0.3 is 0 Å². The first-order chi connectivity index (χ1) is 8.93. The summed E-state index contributed by atoms with van der Waals surface area (Å²) in [6, 6.07) is 13.0. The lowest BCUT2D eigenvalue weighted by atomic mass is 9.93. The van der Waals surface area contributed by atoms with Gasteiger partial charge in [-0.15, -0.1) is 0 Å². The van der Waals surface area contributed by atoms with Crippen LogP contribution in [0.3, 0.4) is 0 Å². The van der Waals surface area contributed by atoms with Crippen molar-refractivity contribution in [2.45, 2.75) is 13.0 Å². The van der Waals surface area contributed by atoms with E-state index in [1.807, 2.05) is 0 Å². The summed E-state index contributed by atoms with van der Waals surface area (Å²) in [5.41, 5.74) is 5.34. The number of hydrogen-bond acceptors (Lipinski definition) is 1. The first-order valence-corrected chi connectivity index (χ1v) is 6.35. The zero-order valence-corrected chi connectivity index (χ0v) is 10.1. The highest BCUT2D eigenvalue weighted by Crippen LogP contribution is 2.23. The van der Waals surface area contributed by atoms with Crippen molar-refractivity contribution in [3.05, 3.63) is 70.3 Å². The molecule has 86 valence electrons. The van der Waals surface area contributed by atoms with Crippen LogP contribution in [0.5, 0.6) is 0 Å². The second kappa shape index (κ2) is 3.67. The Labute approximate surface area is 106 Å². The highest BCUT2D eigenvalue weighted by atomic mass is 14.7. The van der Waals surface area contributed by atoms with Crippen molar-refractivity contribution in [1.82, 2.24) is 0 Å². The van der Waals surface area contributed by atoms with Crippen molar-refractivity contribution in [2.24, 2.45) is 4.99 Å². The van der Waals surface area contributed by atoms with Gasteiger partial charge in [0.1, 0.15) is 0 Å². The maximum absolute atomic E-state index is 4.78. The third-order valence-electron chi connectivity index (χ3n) is 3.76. The van der Waals surface area contributed by atoms with Crippen LogP contribution in [-0.4, -0.2) is 0 Å². The molecule has 0 atom stereocenters. The summed E-state index contributed by atoms with van der Waals surface area (Å²) >= 11 is 0. The molecule has 0 unspecified atom stereocenters. The lowest BCUT2D eigenvalue weighted by molar-refractivity contribution is 0.975. The van der Waals surface area contributed by atoms with Gasteiger partial charge in [0.2, 0.25) is 0 Å². The van der Waals surface area contributed by atoms with Gasteiger partial charge < -0.3 is 0 Å². The number of fused-ring (bicyclic) bond motifs is 5. The summed E-state index contributed by atoms with van der Waals surface area (Å²) in [5, 5.41) is 2.49. The van der Waals surface area contributed by atoms with Gasteiger partial charge in [0.15, 0.2) is 0 Å². The minimum absolute atomic E-state index is 0.803. The van der Waals surface area contributed by atoms with Crippen LogP contribution in [0.1, 0.15) is 11.1 Å². The molecule has 2 aromatic rings. The van der Waals surface area contributed by atoms with E-state index in [9.17, 15) is 0 Å². The Morgan fingerprint density at radius 2 is 1.83 bits per heavy atom. The first-order valence-electron chi connectivity index (χ1n) is 6.35. The van der Waals surface area contributed by atoms with Crippen molar-refractivity contribution < 1.29 is 0 Å². The van der Waals surface area contributed by atoms with E-state index in [1.165, 1.54) is 32.8 Å². The van der Waals surface area contributed by atoms with Crippen LogP contribution >= 0.6 is 0 Å². The van der Waals surface area contributed by atoms with Gasteiger partial charge in [-0.25, -0.2) is 0 Å². The molecule has 0 bridgehead atoms. The van der Waals surface area contributed by atoms with E-state index in [0.29, 0.717) is 0 Å². The van der Waals surface area contributed by atoms with Crippen LogP contribution in [0, 0.1) is 0 Å². The van der Waals surface area contributed by atoms with Crippen molar-refractivity contribution in [2.75, 3.05) is 0 Å². The van der Waals surface area contributed by atoms with Crippen LogP contribution in [0.2, 0.25) is 0 Å². The lowest BCUT2D eigenvalue weighted by Gasteiger charge is -2.15. The molecule has 0 saturated carbocycles. The van der Waals surface area contributed by atoms with Crippen LogP contribution in [0.25, 0.3) is 17.2 Å². The molecule has 2 aromatic carbocycles. The quantitative estimate of drug-likeness (QED) is 0.660. The van der Waals surface area contributed by atoms with E-state index in [-0.39, 0.29) is 0 Å². The standard InChI is InChI=1S/C17H13N/c1-4-8-15-12(5-1)9-10-16-14-7-3-2-6-13(14)11-18-17(15)16/h1-4,6-10H,5,11H2. The monoisotopic (exact) mass is 231 g/mol. The lowest BCUT2D eigenvalue weighted by Crippen LogP contribution is -2.33. The Bertz CT molecular complexity index is 782. The molecule has 0 aromatic heterocycles. The second-order valence-corrected chi connectivity index (χ2v) is 4.81. The normalized spacial score (nSPS) is 14.9. The molecular weight excluding hydrogens is 218 g/mol. The smallest absolute Gasteiger partial charge is 0.0732 e. The molecule has 0 amide bonds. The van der Waals surface area contributed by atoms with Crippen LogP contribution in [0.4, 0.5) is 0 Å². The van der Waals surface area contributed by atoms with Crippen molar-refractivity contribution in [3.63, 3.8) is 0 Å². The molecule has 4 rings (SSSR count). The highest BCUT2D eigenvalue weighted by molar-refractivity contribution is 5.69. The predicted octanol–water partition coefficient (Wildman–Crippen LogP) is 2.38. The molecule has 0 N–H and O–H groups in total. The molecule has 1 heterocycles. The third-order valence-corrected chi connectivity index (χ3v) is 3.76. The maximum atomic E-state index is 4.78. The fraction of sp³-hybridized carbons (Fsp3) is 0.118. The first kappa shape index (κ1) is 9.84. The molecule has 1 aliphatic carbocycles. The maximum Gasteiger partial charge on any atom is 0.0732 e. The van der Waals surface area contributed by atoms with E-state index >= 15 is 0 Å². The van der Waals surface area contributed by atoms with Gasteiger partial charge in [0.25, 0.3) is 0 Å². The third kappa shape index (κ3) is 1.31. The molecule has 1 aliphatic heterocycles. The van der Waals surface area contributed by atoms with Gasteiger partial charge in [-0.3, -0.25) is 4.99 Å². The van der Waals surface area contributed by atoms with Crippen molar-refractivity contribution in [1.29, 1.82) is 0 Å². The fourth-order valence-electron chi connectivity index (χ4n) is 2.85. The second-order valence-electron chi connectivity index (χ2n) is 4.81. The number of nitrogens with zero attached hydrogens (tertiary/aromatic N) is 1. The Morgan fingerprint density at radius 3 is 2.83 bits per heavy atom. The molecule has 0 spiro atoms. The highest BCUT2D eigenvalue weighted by Gasteiger charge is 2.13. The zero-order valence-electron chi connectivity index (χ0n) is 10.1. The summed E-state index contributed by atoms with van der Waals surface area (Å²) in [4.78, 5) is 4.78. The number of hydrogen-bond donors (Lipinski definition) is 0. The van der Waals surface area contributed by atoms with E-state index in [1.54, 1.807) is 0 Å². The summed E-state index contributed by atoms with van der Waals surface area (Å²) in [7, 11) is 0. The minimum atomic E-state index is 0.803.